The maximum Gasteiger partial charge on any atom is 0.416 e. The first kappa shape index (κ1) is 30.4. The van der Waals surface area contributed by atoms with Crippen molar-refractivity contribution in [2.24, 2.45) is 11.7 Å². The van der Waals surface area contributed by atoms with Gasteiger partial charge in [-0.3, -0.25) is 19.3 Å². The van der Waals surface area contributed by atoms with Crippen LogP contribution in [0.3, 0.4) is 0 Å². The zero-order chi connectivity index (χ0) is 31.4. The summed E-state index contributed by atoms with van der Waals surface area (Å²) in [6.07, 6.45) is -5.07. The molecule has 7 nitrogen and oxygen atoms in total. The number of amides is 3. The first-order valence-corrected chi connectivity index (χ1v) is 13.8. The molecule has 1 atom stereocenters. The zero-order valence-corrected chi connectivity index (χ0v) is 23.4. The number of alkyl halides is 3. The lowest BCUT2D eigenvalue weighted by atomic mass is 10.0. The SMILES string of the molecule is NCc1ccc(N2C(=O)C(CC(=O)NCc3ccccc3F)C(=O)N(Cc3ccc(C(F)(F)F)cc3)c3ccccc32)cc1. The van der Waals surface area contributed by atoms with E-state index in [1.165, 1.54) is 40.1 Å². The van der Waals surface area contributed by atoms with Gasteiger partial charge in [0.15, 0.2) is 0 Å². The molecule has 0 spiro atoms. The summed E-state index contributed by atoms with van der Waals surface area (Å²) in [4.78, 5) is 44.1. The van der Waals surface area contributed by atoms with Gasteiger partial charge in [0.2, 0.25) is 17.7 Å². The van der Waals surface area contributed by atoms with Gasteiger partial charge in [-0.25, -0.2) is 4.39 Å². The normalized spacial score (nSPS) is 15.2. The number of nitrogens with one attached hydrogen (secondary N) is 1. The predicted octanol–water partition coefficient (Wildman–Crippen LogP) is 5.84. The molecule has 1 aliphatic heterocycles. The van der Waals surface area contributed by atoms with Gasteiger partial charge in [0.25, 0.3) is 0 Å². The van der Waals surface area contributed by atoms with E-state index in [1.807, 2.05) is 0 Å². The van der Waals surface area contributed by atoms with Crippen molar-refractivity contribution in [2.75, 3.05) is 9.80 Å². The third-order valence-corrected chi connectivity index (χ3v) is 7.37. The Morgan fingerprint density at radius 2 is 1.41 bits per heavy atom. The molecule has 0 saturated carbocycles. The van der Waals surface area contributed by atoms with E-state index >= 15 is 0 Å². The molecule has 0 aromatic heterocycles. The molecular formula is C33H28F4N4O3. The number of nitrogens with two attached hydrogens (primary N) is 1. The fourth-order valence-corrected chi connectivity index (χ4v) is 5.03. The third-order valence-electron chi connectivity index (χ3n) is 7.37. The maximum absolute atomic E-state index is 14.2. The van der Waals surface area contributed by atoms with Crippen LogP contribution in [0.5, 0.6) is 0 Å². The van der Waals surface area contributed by atoms with Gasteiger partial charge < -0.3 is 16.0 Å². The van der Waals surface area contributed by atoms with Crippen LogP contribution in [0.15, 0.2) is 97.1 Å². The number of hydrogen-bond donors (Lipinski definition) is 2. The first-order chi connectivity index (χ1) is 21.1. The molecule has 4 aromatic rings. The molecule has 1 unspecified atom stereocenters. The van der Waals surface area contributed by atoms with E-state index in [9.17, 15) is 31.9 Å². The van der Waals surface area contributed by atoms with Crippen LogP contribution in [0.25, 0.3) is 0 Å². The second kappa shape index (κ2) is 12.7. The van der Waals surface area contributed by atoms with Gasteiger partial charge in [0.1, 0.15) is 11.7 Å². The van der Waals surface area contributed by atoms with Crippen LogP contribution in [0.4, 0.5) is 34.6 Å². The highest BCUT2D eigenvalue weighted by atomic mass is 19.4. The lowest BCUT2D eigenvalue weighted by Gasteiger charge is -2.26. The Hall–Kier alpha value is -5.03. The van der Waals surface area contributed by atoms with E-state index in [2.05, 4.69) is 5.32 Å². The summed E-state index contributed by atoms with van der Waals surface area (Å²) in [6.45, 7) is -0.0378. The summed E-state index contributed by atoms with van der Waals surface area (Å²) in [5, 5.41) is 2.58. The van der Waals surface area contributed by atoms with Crippen LogP contribution >= 0.6 is 0 Å². The molecule has 3 amide bonds. The highest BCUT2D eigenvalue weighted by Crippen LogP contribution is 2.41. The molecule has 0 bridgehead atoms. The van der Waals surface area contributed by atoms with Gasteiger partial charge in [-0.1, -0.05) is 54.6 Å². The molecule has 1 aliphatic rings. The lowest BCUT2D eigenvalue weighted by Crippen LogP contribution is -2.43. The number of anilines is 3. The van der Waals surface area contributed by atoms with Crippen molar-refractivity contribution in [3.8, 4) is 0 Å². The lowest BCUT2D eigenvalue weighted by molar-refractivity contribution is -0.137. The van der Waals surface area contributed by atoms with Crippen molar-refractivity contribution >= 4 is 34.8 Å². The number of para-hydroxylation sites is 2. The predicted molar refractivity (Wildman–Crippen MR) is 157 cm³/mol. The summed E-state index contributed by atoms with van der Waals surface area (Å²) < 4.78 is 53.7. The van der Waals surface area contributed by atoms with Crippen molar-refractivity contribution in [1.82, 2.24) is 5.32 Å². The zero-order valence-electron chi connectivity index (χ0n) is 23.4. The fourth-order valence-electron chi connectivity index (χ4n) is 5.03. The Balaban J connectivity index is 1.52. The van der Waals surface area contributed by atoms with Gasteiger partial charge >= 0.3 is 6.18 Å². The minimum Gasteiger partial charge on any atom is -0.352 e. The van der Waals surface area contributed by atoms with E-state index in [-0.39, 0.29) is 25.2 Å². The average Bonchev–Trinajstić information content (AvgIpc) is 3.09. The van der Waals surface area contributed by atoms with E-state index in [4.69, 9.17) is 5.73 Å². The van der Waals surface area contributed by atoms with E-state index < -0.39 is 47.6 Å². The van der Waals surface area contributed by atoms with E-state index in [1.54, 1.807) is 54.6 Å². The molecule has 0 aliphatic carbocycles. The summed E-state index contributed by atoms with van der Waals surface area (Å²) in [6, 6.07) is 23.8. The van der Waals surface area contributed by atoms with E-state index in [0.29, 0.717) is 22.6 Å². The van der Waals surface area contributed by atoms with Gasteiger partial charge in [-0.15, -0.1) is 0 Å². The van der Waals surface area contributed by atoms with Crippen molar-refractivity contribution in [3.05, 3.63) is 125 Å². The molecule has 5 rings (SSSR count). The number of benzene rings is 4. The molecule has 0 fully saturated rings. The maximum atomic E-state index is 14.2. The van der Waals surface area contributed by atoms with Crippen LogP contribution in [0.1, 0.15) is 28.7 Å². The molecule has 11 heteroatoms. The number of hydrogen-bond acceptors (Lipinski definition) is 4. The van der Waals surface area contributed by atoms with Crippen molar-refractivity contribution < 1.29 is 31.9 Å². The molecule has 44 heavy (non-hydrogen) atoms. The largest absolute Gasteiger partial charge is 0.416 e. The third kappa shape index (κ3) is 6.47. The van der Waals surface area contributed by atoms with Crippen LogP contribution < -0.4 is 20.9 Å². The summed E-state index contributed by atoms with van der Waals surface area (Å²) in [5.41, 5.74) is 7.46. The van der Waals surface area contributed by atoms with Crippen molar-refractivity contribution in [2.45, 2.75) is 32.2 Å². The number of carbonyl (C=O) groups excluding carboxylic acids is 3. The topological polar surface area (TPSA) is 95.7 Å². The molecule has 4 aromatic carbocycles. The van der Waals surface area contributed by atoms with E-state index in [0.717, 1.165) is 17.7 Å². The first-order valence-electron chi connectivity index (χ1n) is 13.8. The number of halogens is 4. The monoisotopic (exact) mass is 604 g/mol. The molecule has 226 valence electrons. The highest BCUT2D eigenvalue weighted by Gasteiger charge is 2.42. The Morgan fingerprint density at radius 1 is 0.795 bits per heavy atom. The van der Waals surface area contributed by atoms with Gasteiger partial charge in [0, 0.05) is 30.8 Å². The van der Waals surface area contributed by atoms with Crippen LogP contribution in [-0.2, 0) is 40.2 Å². The number of carbonyl (C=O) groups is 3. The summed E-state index contributed by atoms with van der Waals surface area (Å²) in [7, 11) is 0. The van der Waals surface area contributed by atoms with Crippen LogP contribution in [0.2, 0.25) is 0 Å². The van der Waals surface area contributed by atoms with Gasteiger partial charge in [-0.05, 0) is 53.6 Å². The molecule has 0 radical (unpaired) electrons. The molecule has 3 N–H and O–H groups in total. The Bertz CT molecular complexity index is 1670. The van der Waals surface area contributed by atoms with Crippen LogP contribution in [-0.4, -0.2) is 17.7 Å². The molecular weight excluding hydrogens is 576 g/mol. The average molecular weight is 605 g/mol. The highest BCUT2D eigenvalue weighted by molar-refractivity contribution is 6.21. The minimum atomic E-state index is -4.53. The van der Waals surface area contributed by atoms with Gasteiger partial charge in [0.05, 0.1) is 23.5 Å². The second-order valence-corrected chi connectivity index (χ2v) is 10.3. The molecule has 0 saturated heterocycles. The fraction of sp³-hybridized carbons (Fsp3) is 0.182. The Labute approximate surface area is 250 Å². The number of fused-ring (bicyclic) bond motifs is 1. The van der Waals surface area contributed by atoms with Crippen LogP contribution in [0, 0.1) is 11.7 Å². The number of rotatable bonds is 8. The number of nitrogens with zero attached hydrogens (tertiary/aromatic N) is 2. The van der Waals surface area contributed by atoms with Gasteiger partial charge in [-0.2, -0.15) is 13.2 Å². The quantitative estimate of drug-likeness (QED) is 0.195. The Kier molecular flexibility index (Phi) is 8.77. The summed E-state index contributed by atoms with van der Waals surface area (Å²) in [5.74, 6) is -4.03. The molecule has 1 heterocycles. The standard InChI is InChI=1S/C33H28F4N4O3/c34-27-6-2-1-5-23(27)19-39-30(42)17-26-31(43)40(20-22-9-13-24(14-10-22)33(35,36)37)28-7-3-4-8-29(28)41(32(26)44)25-15-11-21(18-38)12-16-25/h1-16,26H,17-20,38H2,(H,39,42). The van der Waals surface area contributed by atoms with Crippen molar-refractivity contribution in [1.29, 1.82) is 0 Å². The summed E-state index contributed by atoms with van der Waals surface area (Å²) >= 11 is 0. The Morgan fingerprint density at radius 3 is 2.05 bits per heavy atom. The second-order valence-electron chi connectivity index (χ2n) is 10.3. The smallest absolute Gasteiger partial charge is 0.352 e. The minimum absolute atomic E-state index is 0.152. The van der Waals surface area contributed by atoms with Crippen molar-refractivity contribution in [3.63, 3.8) is 0 Å².